The van der Waals surface area contributed by atoms with Crippen molar-refractivity contribution in [3.63, 3.8) is 0 Å². The minimum atomic E-state index is -0.692. The van der Waals surface area contributed by atoms with Crippen LogP contribution in [0.25, 0.3) is 0 Å². The molecule has 1 N–H and O–H groups in total. The number of aliphatic hydroxyl groups excluding tert-OH is 1. The Hall–Kier alpha value is -2.03. The van der Waals surface area contributed by atoms with Gasteiger partial charge in [-0.3, -0.25) is 0 Å². The van der Waals surface area contributed by atoms with E-state index in [0.29, 0.717) is 18.6 Å². The zero-order chi connectivity index (χ0) is 17.0. The van der Waals surface area contributed by atoms with Crippen LogP contribution in [0.15, 0.2) is 72.0 Å². The zero-order valence-electron chi connectivity index (χ0n) is 14.2. The summed E-state index contributed by atoms with van der Waals surface area (Å²) in [5.74, 6) is -0.282. The molecule has 0 saturated carbocycles. The first-order chi connectivity index (χ1) is 11.7. The fourth-order valence-electron chi connectivity index (χ4n) is 3.62. The van der Waals surface area contributed by atoms with Crippen molar-refractivity contribution >= 4 is 5.97 Å². The molecule has 2 aromatic carbocycles. The minimum absolute atomic E-state index is 0. The first-order valence-corrected chi connectivity index (χ1v) is 8.41. The summed E-state index contributed by atoms with van der Waals surface area (Å²) in [6.07, 6.45) is 2.13. The Morgan fingerprint density at radius 1 is 1.04 bits per heavy atom. The molecule has 0 atom stereocenters. The number of ether oxygens (including phenoxy) is 1. The molecular weight excluding hydrogens is 364 g/mol. The third-order valence-corrected chi connectivity index (χ3v) is 4.72. The van der Waals surface area contributed by atoms with E-state index >= 15 is 0 Å². The maximum atomic E-state index is 12.3. The molecular formula is C21H22CuO3+2. The van der Waals surface area contributed by atoms with Crippen molar-refractivity contribution in [1.29, 1.82) is 0 Å². The molecule has 0 heterocycles. The smallest absolute Gasteiger partial charge is 0.510 e. The Kier molecular flexibility index (Phi) is 6.46. The topological polar surface area (TPSA) is 46.5 Å². The molecule has 2 aromatic rings. The van der Waals surface area contributed by atoms with E-state index in [1.54, 1.807) is 6.92 Å². The van der Waals surface area contributed by atoms with E-state index in [4.69, 9.17) is 4.74 Å². The van der Waals surface area contributed by atoms with Crippen LogP contribution < -0.4 is 0 Å². The second kappa shape index (κ2) is 8.37. The predicted octanol–water partition coefficient (Wildman–Crippen LogP) is 4.53. The van der Waals surface area contributed by atoms with Gasteiger partial charge in [-0.05, 0) is 37.3 Å². The number of benzene rings is 2. The second-order valence-corrected chi connectivity index (χ2v) is 6.04. The Balaban J connectivity index is 0.00000225. The van der Waals surface area contributed by atoms with Crippen molar-refractivity contribution in [3.05, 3.63) is 83.1 Å². The van der Waals surface area contributed by atoms with Crippen LogP contribution in [0.5, 0.6) is 0 Å². The zero-order valence-corrected chi connectivity index (χ0v) is 15.1. The van der Waals surface area contributed by atoms with Gasteiger partial charge in [0, 0.05) is 0 Å². The fourth-order valence-corrected chi connectivity index (χ4v) is 3.62. The van der Waals surface area contributed by atoms with Crippen LogP contribution in [-0.4, -0.2) is 17.7 Å². The van der Waals surface area contributed by atoms with Crippen molar-refractivity contribution < 1.29 is 31.7 Å². The van der Waals surface area contributed by atoms with E-state index in [-0.39, 0.29) is 22.8 Å². The molecule has 25 heavy (non-hydrogen) atoms. The second-order valence-electron chi connectivity index (χ2n) is 6.04. The number of esters is 1. The molecule has 0 fully saturated rings. The van der Waals surface area contributed by atoms with E-state index < -0.39 is 11.4 Å². The fraction of sp³-hybridized carbons (Fsp3) is 0.286. The van der Waals surface area contributed by atoms with E-state index in [2.05, 4.69) is 0 Å². The molecule has 0 aliphatic heterocycles. The van der Waals surface area contributed by atoms with E-state index in [1.807, 2.05) is 60.7 Å². The molecule has 4 heteroatoms. The summed E-state index contributed by atoms with van der Waals surface area (Å²) in [5, 5.41) is 11.2. The third kappa shape index (κ3) is 3.51. The summed E-state index contributed by atoms with van der Waals surface area (Å²) in [6.45, 7) is 2.08. The minimum Gasteiger partial charge on any atom is -0.510 e. The van der Waals surface area contributed by atoms with Crippen LogP contribution in [-0.2, 0) is 32.0 Å². The Bertz CT molecular complexity index is 699. The van der Waals surface area contributed by atoms with Crippen LogP contribution in [0.4, 0.5) is 0 Å². The van der Waals surface area contributed by atoms with Crippen molar-refractivity contribution in [2.75, 3.05) is 6.61 Å². The van der Waals surface area contributed by atoms with Gasteiger partial charge in [-0.2, -0.15) is 0 Å². The average Bonchev–Trinajstić information content (AvgIpc) is 2.64. The molecule has 0 aromatic heterocycles. The van der Waals surface area contributed by atoms with E-state index in [0.717, 1.165) is 24.0 Å². The van der Waals surface area contributed by atoms with Crippen molar-refractivity contribution in [2.45, 2.75) is 31.6 Å². The van der Waals surface area contributed by atoms with Gasteiger partial charge in [-0.25, -0.2) is 4.79 Å². The molecule has 0 saturated heterocycles. The van der Waals surface area contributed by atoms with Crippen LogP contribution in [0, 0.1) is 0 Å². The van der Waals surface area contributed by atoms with Gasteiger partial charge in [0.15, 0.2) is 0 Å². The molecule has 1 aliphatic carbocycles. The molecule has 0 amide bonds. The maximum absolute atomic E-state index is 12.3. The summed E-state index contributed by atoms with van der Waals surface area (Å²) < 4.78 is 5.16. The molecule has 0 spiro atoms. The molecule has 1 aliphatic rings. The Labute approximate surface area is 159 Å². The molecule has 0 bridgehead atoms. The summed E-state index contributed by atoms with van der Waals surface area (Å²) in [4.78, 5) is 12.3. The molecule has 0 unspecified atom stereocenters. The monoisotopic (exact) mass is 385 g/mol. The van der Waals surface area contributed by atoms with Gasteiger partial charge in [0.1, 0.15) is 5.76 Å². The van der Waals surface area contributed by atoms with Gasteiger partial charge in [0.25, 0.3) is 0 Å². The largest absolute Gasteiger partial charge is 2.00 e. The average molecular weight is 386 g/mol. The molecule has 133 valence electrons. The van der Waals surface area contributed by atoms with Gasteiger partial charge in [0.05, 0.1) is 17.6 Å². The number of aliphatic hydroxyl groups is 1. The van der Waals surface area contributed by atoms with Crippen LogP contribution in [0.2, 0.25) is 0 Å². The number of hydrogen-bond acceptors (Lipinski definition) is 3. The molecule has 1 radical (unpaired) electrons. The third-order valence-electron chi connectivity index (χ3n) is 4.72. The van der Waals surface area contributed by atoms with Gasteiger partial charge in [-0.15, -0.1) is 0 Å². The Morgan fingerprint density at radius 2 is 1.56 bits per heavy atom. The molecule has 3 nitrogen and oxygen atoms in total. The van der Waals surface area contributed by atoms with Crippen molar-refractivity contribution in [2.24, 2.45) is 0 Å². The first-order valence-electron chi connectivity index (χ1n) is 8.41. The number of carbonyl (C=O) groups excluding carboxylic acids is 1. The normalized spacial score (nSPS) is 16.0. The Morgan fingerprint density at radius 3 is 2.04 bits per heavy atom. The van der Waals surface area contributed by atoms with Gasteiger partial charge >= 0.3 is 23.0 Å². The first kappa shape index (κ1) is 19.3. The number of allylic oxidation sites excluding steroid dienone is 1. The quantitative estimate of drug-likeness (QED) is 0.621. The van der Waals surface area contributed by atoms with Crippen LogP contribution in [0.1, 0.15) is 37.3 Å². The van der Waals surface area contributed by atoms with E-state index in [1.165, 1.54) is 0 Å². The van der Waals surface area contributed by atoms with Gasteiger partial charge in [0.2, 0.25) is 0 Å². The number of rotatable bonds is 4. The summed E-state index contributed by atoms with van der Waals surface area (Å²) in [6, 6.07) is 19.8. The SMILES string of the molecule is CCOC(=O)C1=C(O)C(c2ccccc2)(c2ccccc2)CCC1.[Cu+2]. The summed E-state index contributed by atoms with van der Waals surface area (Å²) >= 11 is 0. The van der Waals surface area contributed by atoms with Crippen molar-refractivity contribution in [1.82, 2.24) is 0 Å². The number of carbonyl (C=O) groups is 1. The summed E-state index contributed by atoms with van der Waals surface area (Å²) in [7, 11) is 0. The van der Waals surface area contributed by atoms with Crippen LogP contribution >= 0.6 is 0 Å². The number of hydrogen-bond donors (Lipinski definition) is 1. The van der Waals surface area contributed by atoms with Gasteiger partial charge < -0.3 is 9.84 Å². The maximum Gasteiger partial charge on any atom is 2.00 e. The van der Waals surface area contributed by atoms with Gasteiger partial charge in [-0.1, -0.05) is 60.7 Å². The summed E-state index contributed by atoms with van der Waals surface area (Å²) in [5.41, 5.74) is 1.70. The predicted molar refractivity (Wildman–Crippen MR) is 93.8 cm³/mol. The van der Waals surface area contributed by atoms with Crippen LogP contribution in [0.3, 0.4) is 0 Å². The standard InChI is InChI=1S/C21H22O3.Cu/c1-2-24-20(23)18-14-9-15-21(19(18)22,16-10-5-3-6-11-16)17-12-7-4-8-13-17;/h3-8,10-13,22H,2,9,14-15H2,1H3;/q;+2. The molecule has 3 rings (SSSR count). The van der Waals surface area contributed by atoms with E-state index in [9.17, 15) is 9.90 Å². The van der Waals surface area contributed by atoms with Crippen molar-refractivity contribution in [3.8, 4) is 0 Å².